The Morgan fingerprint density at radius 1 is 0.703 bits per heavy atom. The molecule has 0 unspecified atom stereocenters. The van der Waals surface area contributed by atoms with E-state index in [-0.39, 0.29) is 5.91 Å². The van der Waals surface area contributed by atoms with Crippen LogP contribution in [0.2, 0.25) is 0 Å². The quantitative estimate of drug-likeness (QED) is 0.161. The highest BCUT2D eigenvalue weighted by atomic mass is 79.9. The number of halogens is 1. The van der Waals surface area contributed by atoms with E-state index in [0.717, 1.165) is 36.1 Å². The average Bonchev–Trinajstić information content (AvgIpc) is 2.93. The molecule has 0 saturated heterocycles. The third-order valence-electron chi connectivity index (χ3n) is 6.86. The van der Waals surface area contributed by atoms with Crippen LogP contribution in [0.1, 0.15) is 92.6 Å². The summed E-state index contributed by atoms with van der Waals surface area (Å²) in [7, 11) is 0. The van der Waals surface area contributed by atoms with Gasteiger partial charge in [-0.1, -0.05) is 141 Å². The normalized spacial score (nSPS) is 11.0. The summed E-state index contributed by atoms with van der Waals surface area (Å²) in [6.07, 6.45) is 13.0. The van der Waals surface area contributed by atoms with Gasteiger partial charge in [-0.3, -0.25) is 4.79 Å². The van der Waals surface area contributed by atoms with E-state index in [9.17, 15) is 4.79 Å². The fourth-order valence-electron chi connectivity index (χ4n) is 4.65. The zero-order valence-electron chi connectivity index (χ0n) is 22.4. The molecule has 1 amide bonds. The van der Waals surface area contributed by atoms with E-state index in [1.165, 1.54) is 74.5 Å². The predicted molar refractivity (Wildman–Crippen MR) is 161 cm³/mol. The summed E-state index contributed by atoms with van der Waals surface area (Å²) in [6.45, 7) is 4.51. The number of unbranched alkanes of at least 4 members (excludes halogenated alkanes) is 9. The molecule has 3 nitrogen and oxygen atoms in total. The second-order valence-electron chi connectivity index (χ2n) is 9.87. The van der Waals surface area contributed by atoms with Gasteiger partial charge in [-0.2, -0.15) is 0 Å². The summed E-state index contributed by atoms with van der Waals surface area (Å²) in [4.78, 5) is 12.6. The van der Waals surface area contributed by atoms with E-state index in [4.69, 9.17) is 0 Å². The summed E-state index contributed by atoms with van der Waals surface area (Å²) in [5, 5.41) is 6.64. The van der Waals surface area contributed by atoms with Crippen LogP contribution in [0.15, 0.2) is 77.3 Å². The molecule has 37 heavy (non-hydrogen) atoms. The average molecular weight is 564 g/mol. The summed E-state index contributed by atoms with van der Waals surface area (Å²) in [6, 6.07) is 24.9. The second kappa shape index (κ2) is 17.1. The maximum Gasteiger partial charge on any atom is 0.251 e. The minimum absolute atomic E-state index is 0.00733. The molecule has 3 rings (SSSR count). The largest absolute Gasteiger partial charge is 0.352 e. The maximum absolute atomic E-state index is 12.6. The summed E-state index contributed by atoms with van der Waals surface area (Å²) in [5.74, 6) is 0.00733. The van der Waals surface area contributed by atoms with Crippen LogP contribution in [0.3, 0.4) is 0 Å². The Kier molecular flexibility index (Phi) is 13.5. The van der Waals surface area contributed by atoms with Gasteiger partial charge in [0, 0.05) is 29.7 Å². The fourth-order valence-corrected chi connectivity index (χ4v) is 5.17. The summed E-state index contributed by atoms with van der Waals surface area (Å²) < 4.78 is 0.961. The zero-order chi connectivity index (χ0) is 26.1. The standard InChI is InChI=1S/C33H43BrN2O/c1-2-3-4-5-6-7-8-9-10-16-23-36-33(37)28-21-22-30(32(34)24-28)26-35-25-29-19-14-15-20-31(29)27-17-12-11-13-18-27/h11-15,17-22,24,35H,2-10,16,23,25-26H2,1H3,(H,36,37). The van der Waals surface area contributed by atoms with Gasteiger partial charge in [-0.15, -0.1) is 0 Å². The van der Waals surface area contributed by atoms with Gasteiger partial charge in [0.25, 0.3) is 5.91 Å². The Bertz CT molecular complexity index is 1070. The Morgan fingerprint density at radius 3 is 2.03 bits per heavy atom. The molecule has 0 spiro atoms. The molecule has 0 aliphatic carbocycles. The topological polar surface area (TPSA) is 41.1 Å². The highest BCUT2D eigenvalue weighted by Gasteiger charge is 2.09. The lowest BCUT2D eigenvalue weighted by atomic mass is 10.00. The Hall–Kier alpha value is -2.43. The molecule has 0 aromatic heterocycles. The zero-order valence-corrected chi connectivity index (χ0v) is 24.0. The van der Waals surface area contributed by atoms with Gasteiger partial charge in [-0.05, 0) is 40.8 Å². The minimum Gasteiger partial charge on any atom is -0.352 e. The van der Waals surface area contributed by atoms with E-state index >= 15 is 0 Å². The van der Waals surface area contributed by atoms with E-state index in [1.54, 1.807) is 0 Å². The molecule has 0 heterocycles. The third-order valence-corrected chi connectivity index (χ3v) is 7.60. The summed E-state index contributed by atoms with van der Waals surface area (Å²) in [5.41, 5.74) is 5.60. The molecular formula is C33H43BrN2O. The molecule has 198 valence electrons. The first-order valence-corrected chi connectivity index (χ1v) is 14.9. The number of carbonyl (C=O) groups is 1. The molecule has 2 N–H and O–H groups in total. The van der Waals surface area contributed by atoms with Gasteiger partial charge in [0.1, 0.15) is 0 Å². The van der Waals surface area contributed by atoms with Crippen LogP contribution in [0.4, 0.5) is 0 Å². The number of carbonyl (C=O) groups excluding carboxylic acids is 1. The van der Waals surface area contributed by atoms with Crippen molar-refractivity contribution in [2.24, 2.45) is 0 Å². The Labute approximate surface area is 232 Å². The fraction of sp³-hybridized carbons (Fsp3) is 0.424. The van der Waals surface area contributed by atoms with Crippen molar-refractivity contribution in [3.63, 3.8) is 0 Å². The number of hydrogen-bond acceptors (Lipinski definition) is 2. The molecular weight excluding hydrogens is 520 g/mol. The van der Waals surface area contributed by atoms with E-state index in [2.05, 4.69) is 82.0 Å². The van der Waals surface area contributed by atoms with Crippen LogP contribution in [-0.4, -0.2) is 12.5 Å². The lowest BCUT2D eigenvalue weighted by Gasteiger charge is -2.12. The molecule has 4 heteroatoms. The van der Waals surface area contributed by atoms with Crippen LogP contribution in [0, 0.1) is 0 Å². The number of benzene rings is 3. The third kappa shape index (κ3) is 10.5. The van der Waals surface area contributed by atoms with Gasteiger partial charge in [0.2, 0.25) is 0 Å². The van der Waals surface area contributed by atoms with Crippen molar-refractivity contribution in [2.45, 2.75) is 84.2 Å². The smallest absolute Gasteiger partial charge is 0.251 e. The number of nitrogens with one attached hydrogen (secondary N) is 2. The maximum atomic E-state index is 12.6. The van der Waals surface area contributed by atoms with Crippen LogP contribution >= 0.6 is 15.9 Å². The first kappa shape index (κ1) is 29.1. The Balaban J connectivity index is 1.36. The number of hydrogen-bond donors (Lipinski definition) is 2. The van der Waals surface area contributed by atoms with E-state index in [1.807, 2.05) is 24.3 Å². The van der Waals surface area contributed by atoms with E-state index < -0.39 is 0 Å². The van der Waals surface area contributed by atoms with Crippen LogP contribution in [0.5, 0.6) is 0 Å². The van der Waals surface area contributed by atoms with Gasteiger partial charge < -0.3 is 10.6 Å². The molecule has 0 bridgehead atoms. The summed E-state index contributed by atoms with van der Waals surface area (Å²) >= 11 is 3.67. The van der Waals surface area contributed by atoms with Crippen molar-refractivity contribution in [3.8, 4) is 11.1 Å². The SMILES string of the molecule is CCCCCCCCCCCCNC(=O)c1ccc(CNCc2ccccc2-c2ccccc2)c(Br)c1. The lowest BCUT2D eigenvalue weighted by Crippen LogP contribution is -2.24. The molecule has 0 aliphatic rings. The van der Waals surface area contributed by atoms with Crippen molar-refractivity contribution in [3.05, 3.63) is 94.0 Å². The van der Waals surface area contributed by atoms with Gasteiger partial charge in [0.15, 0.2) is 0 Å². The van der Waals surface area contributed by atoms with Gasteiger partial charge in [0.05, 0.1) is 0 Å². The van der Waals surface area contributed by atoms with Crippen molar-refractivity contribution in [1.82, 2.24) is 10.6 Å². The lowest BCUT2D eigenvalue weighted by molar-refractivity contribution is 0.0953. The second-order valence-corrected chi connectivity index (χ2v) is 10.7. The molecule has 0 saturated carbocycles. The van der Waals surface area contributed by atoms with Crippen LogP contribution in [0.25, 0.3) is 11.1 Å². The monoisotopic (exact) mass is 562 g/mol. The highest BCUT2D eigenvalue weighted by Crippen LogP contribution is 2.24. The molecule has 0 atom stereocenters. The first-order valence-electron chi connectivity index (χ1n) is 14.1. The van der Waals surface area contributed by atoms with Crippen molar-refractivity contribution >= 4 is 21.8 Å². The molecule has 0 radical (unpaired) electrons. The molecule has 0 fully saturated rings. The predicted octanol–water partition coefficient (Wildman–Crippen LogP) is 9.06. The van der Waals surface area contributed by atoms with Gasteiger partial charge in [-0.25, -0.2) is 0 Å². The van der Waals surface area contributed by atoms with Crippen molar-refractivity contribution in [2.75, 3.05) is 6.54 Å². The minimum atomic E-state index is 0.00733. The van der Waals surface area contributed by atoms with Crippen molar-refractivity contribution in [1.29, 1.82) is 0 Å². The van der Waals surface area contributed by atoms with Crippen molar-refractivity contribution < 1.29 is 4.79 Å². The number of rotatable bonds is 17. The molecule has 3 aromatic carbocycles. The first-order chi connectivity index (χ1) is 18.2. The Morgan fingerprint density at radius 2 is 1.32 bits per heavy atom. The molecule has 3 aromatic rings. The molecule has 0 aliphatic heterocycles. The number of amides is 1. The van der Waals surface area contributed by atoms with Crippen LogP contribution < -0.4 is 10.6 Å². The van der Waals surface area contributed by atoms with E-state index in [0.29, 0.717) is 5.56 Å². The highest BCUT2D eigenvalue weighted by molar-refractivity contribution is 9.10. The van der Waals surface area contributed by atoms with Crippen LogP contribution in [-0.2, 0) is 13.1 Å². The van der Waals surface area contributed by atoms with Gasteiger partial charge >= 0.3 is 0 Å².